The molecule has 1 N–H and O–H groups in total. The number of anilines is 1. The number of nitrogens with one attached hydrogen (secondary N) is 1. The molecule has 3 aromatic rings. The van der Waals surface area contributed by atoms with Crippen molar-refractivity contribution in [3.05, 3.63) is 52.1 Å². The van der Waals surface area contributed by atoms with Crippen LogP contribution in [0.25, 0.3) is 16.9 Å². The van der Waals surface area contributed by atoms with E-state index in [0.29, 0.717) is 21.6 Å². The summed E-state index contributed by atoms with van der Waals surface area (Å²) in [5.74, 6) is 0.536. The van der Waals surface area contributed by atoms with E-state index >= 15 is 0 Å². The summed E-state index contributed by atoms with van der Waals surface area (Å²) >= 11 is 12.2. The quantitative estimate of drug-likeness (QED) is 0.633. The second kappa shape index (κ2) is 6.36. The Bertz CT molecular complexity index is 971. The van der Waals surface area contributed by atoms with E-state index < -0.39 is 5.41 Å². The Kier molecular flexibility index (Phi) is 4.52. The van der Waals surface area contributed by atoms with E-state index in [4.69, 9.17) is 28.2 Å². The summed E-state index contributed by atoms with van der Waals surface area (Å²) in [4.78, 5) is 17.3. The zero-order valence-corrected chi connectivity index (χ0v) is 16.0. The average Bonchev–Trinajstić information content (AvgIpc) is 2.89. The van der Waals surface area contributed by atoms with Gasteiger partial charge >= 0.3 is 0 Å². The summed E-state index contributed by atoms with van der Waals surface area (Å²) in [5, 5.41) is 3.94. The second-order valence-corrected chi connectivity index (χ2v) is 7.84. The van der Waals surface area contributed by atoms with Crippen LogP contribution in [0.5, 0.6) is 0 Å². The number of halogens is 2. The van der Waals surface area contributed by atoms with E-state index in [2.05, 4.69) is 5.32 Å². The van der Waals surface area contributed by atoms with E-state index in [1.54, 1.807) is 12.1 Å². The van der Waals surface area contributed by atoms with Crippen molar-refractivity contribution in [1.29, 1.82) is 0 Å². The number of carbonyl (C=O) groups is 1. The fraction of sp³-hybridized carbons (Fsp3) is 0.263. The maximum absolute atomic E-state index is 12.6. The first-order chi connectivity index (χ1) is 11.7. The predicted octanol–water partition coefficient (Wildman–Crippen LogP) is 5.60. The Morgan fingerprint density at radius 1 is 1.16 bits per heavy atom. The average molecular weight is 376 g/mol. The number of imidazole rings is 1. The second-order valence-electron chi connectivity index (χ2n) is 7.03. The highest BCUT2D eigenvalue weighted by molar-refractivity contribution is 6.42. The van der Waals surface area contributed by atoms with Gasteiger partial charge in [0.1, 0.15) is 17.2 Å². The summed E-state index contributed by atoms with van der Waals surface area (Å²) in [7, 11) is 0. The van der Waals surface area contributed by atoms with Gasteiger partial charge in [0.05, 0.1) is 10.0 Å². The maximum Gasteiger partial charge on any atom is 0.230 e. The fourth-order valence-corrected chi connectivity index (χ4v) is 2.76. The lowest BCUT2D eigenvalue weighted by molar-refractivity contribution is -0.123. The maximum atomic E-state index is 12.6. The summed E-state index contributed by atoms with van der Waals surface area (Å²) in [6, 6.07) is 9.24. The van der Waals surface area contributed by atoms with Gasteiger partial charge in [0.25, 0.3) is 0 Å². The van der Waals surface area contributed by atoms with Crippen LogP contribution in [0.15, 0.2) is 36.5 Å². The van der Waals surface area contributed by atoms with Crippen molar-refractivity contribution in [2.45, 2.75) is 27.7 Å². The van der Waals surface area contributed by atoms with Crippen LogP contribution in [-0.2, 0) is 4.79 Å². The number of hydrogen-bond acceptors (Lipinski definition) is 2. The van der Waals surface area contributed by atoms with Gasteiger partial charge in [0.2, 0.25) is 5.91 Å². The van der Waals surface area contributed by atoms with E-state index in [1.807, 2.05) is 56.5 Å². The molecule has 0 unspecified atom stereocenters. The predicted molar refractivity (Wildman–Crippen MR) is 103 cm³/mol. The molecular weight excluding hydrogens is 357 g/mol. The smallest absolute Gasteiger partial charge is 0.230 e. The molecule has 0 saturated heterocycles. The molecule has 0 aliphatic rings. The van der Waals surface area contributed by atoms with Gasteiger partial charge < -0.3 is 5.32 Å². The monoisotopic (exact) mass is 375 g/mol. The Labute approximate surface area is 156 Å². The van der Waals surface area contributed by atoms with E-state index in [9.17, 15) is 4.79 Å². The van der Waals surface area contributed by atoms with Crippen LogP contribution in [0.4, 0.5) is 5.82 Å². The Morgan fingerprint density at radius 3 is 2.52 bits per heavy atom. The molecule has 6 heteroatoms. The molecule has 0 aliphatic heterocycles. The molecule has 0 atom stereocenters. The minimum Gasteiger partial charge on any atom is -0.309 e. The molecule has 3 rings (SSSR count). The van der Waals surface area contributed by atoms with Gasteiger partial charge in [-0.3, -0.25) is 9.20 Å². The van der Waals surface area contributed by atoms with Crippen molar-refractivity contribution in [3.63, 3.8) is 0 Å². The normalized spacial score (nSPS) is 11.8. The lowest BCUT2D eigenvalue weighted by Gasteiger charge is -2.18. The topological polar surface area (TPSA) is 46.4 Å². The number of nitrogens with zero attached hydrogens (tertiary/aromatic N) is 2. The number of pyridine rings is 1. The van der Waals surface area contributed by atoms with Gasteiger partial charge in [-0.25, -0.2) is 4.98 Å². The van der Waals surface area contributed by atoms with E-state index in [-0.39, 0.29) is 5.91 Å². The lowest BCUT2D eigenvalue weighted by Crippen LogP contribution is -2.28. The molecule has 2 aromatic heterocycles. The van der Waals surface area contributed by atoms with Crippen LogP contribution in [-0.4, -0.2) is 15.3 Å². The molecule has 0 bridgehead atoms. The fourth-order valence-electron chi connectivity index (χ4n) is 2.46. The van der Waals surface area contributed by atoms with Gasteiger partial charge in [-0.15, -0.1) is 0 Å². The largest absolute Gasteiger partial charge is 0.309 e. The minimum absolute atomic E-state index is 0.0860. The molecule has 1 amide bonds. The number of benzene rings is 1. The summed E-state index contributed by atoms with van der Waals surface area (Å²) < 4.78 is 1.89. The van der Waals surface area contributed by atoms with Crippen LogP contribution in [0, 0.1) is 12.3 Å². The molecule has 0 spiro atoms. The van der Waals surface area contributed by atoms with Crippen molar-refractivity contribution in [2.75, 3.05) is 5.32 Å². The van der Waals surface area contributed by atoms with Gasteiger partial charge in [-0.1, -0.05) is 56.1 Å². The lowest BCUT2D eigenvalue weighted by atomic mass is 9.95. The molecule has 130 valence electrons. The standard InChI is InChI=1S/C19H19Cl2N3O/c1-11-6-5-9-24-16(11)22-15(12-7-8-13(20)14(21)10-12)17(24)23-18(25)19(2,3)4/h5-10H,1-4H3,(H,23,25). The molecule has 1 aromatic carbocycles. The van der Waals surface area contributed by atoms with E-state index in [0.717, 1.165) is 16.8 Å². The molecule has 0 radical (unpaired) electrons. The number of aromatic nitrogens is 2. The molecule has 2 heterocycles. The Hall–Kier alpha value is -2.04. The number of amides is 1. The summed E-state index contributed by atoms with van der Waals surface area (Å²) in [6.07, 6.45) is 1.88. The summed E-state index contributed by atoms with van der Waals surface area (Å²) in [5.41, 5.74) is 2.73. The minimum atomic E-state index is -0.525. The highest BCUT2D eigenvalue weighted by Gasteiger charge is 2.25. The number of rotatable bonds is 2. The third-order valence-corrected chi connectivity index (χ3v) is 4.69. The van der Waals surface area contributed by atoms with Crippen LogP contribution in [0.1, 0.15) is 26.3 Å². The third-order valence-electron chi connectivity index (χ3n) is 3.95. The number of fused-ring (bicyclic) bond motifs is 1. The Morgan fingerprint density at radius 2 is 1.88 bits per heavy atom. The number of aryl methyl sites for hydroxylation is 1. The third kappa shape index (κ3) is 3.37. The SMILES string of the molecule is Cc1cccn2c(NC(=O)C(C)(C)C)c(-c3ccc(Cl)c(Cl)c3)nc12. The van der Waals surface area contributed by atoms with Gasteiger partial charge in [-0.05, 0) is 30.7 Å². The molecular formula is C19H19Cl2N3O. The highest BCUT2D eigenvalue weighted by Crippen LogP contribution is 2.34. The first-order valence-corrected chi connectivity index (χ1v) is 8.68. The van der Waals surface area contributed by atoms with Gasteiger partial charge in [0.15, 0.2) is 0 Å². The molecule has 0 fully saturated rings. The zero-order valence-electron chi connectivity index (χ0n) is 14.5. The molecule has 0 saturated carbocycles. The first kappa shape index (κ1) is 17.8. The van der Waals surface area contributed by atoms with Crippen molar-refractivity contribution < 1.29 is 4.79 Å². The van der Waals surface area contributed by atoms with E-state index in [1.165, 1.54) is 0 Å². The zero-order chi connectivity index (χ0) is 18.4. The van der Waals surface area contributed by atoms with Crippen LogP contribution >= 0.6 is 23.2 Å². The van der Waals surface area contributed by atoms with Gasteiger partial charge in [0, 0.05) is 17.2 Å². The van der Waals surface area contributed by atoms with Crippen molar-refractivity contribution in [2.24, 2.45) is 5.41 Å². The highest BCUT2D eigenvalue weighted by atomic mass is 35.5. The number of carbonyl (C=O) groups excluding carboxylic acids is 1. The van der Waals surface area contributed by atoms with Crippen LogP contribution in [0.3, 0.4) is 0 Å². The van der Waals surface area contributed by atoms with Crippen molar-refractivity contribution >= 4 is 40.6 Å². The molecule has 4 nitrogen and oxygen atoms in total. The van der Waals surface area contributed by atoms with Crippen molar-refractivity contribution in [3.8, 4) is 11.3 Å². The molecule has 25 heavy (non-hydrogen) atoms. The first-order valence-electron chi connectivity index (χ1n) is 7.93. The van der Waals surface area contributed by atoms with Gasteiger partial charge in [-0.2, -0.15) is 0 Å². The Balaban J connectivity index is 2.23. The number of hydrogen-bond donors (Lipinski definition) is 1. The summed E-state index contributed by atoms with van der Waals surface area (Å²) in [6.45, 7) is 7.59. The van der Waals surface area contributed by atoms with Crippen LogP contribution in [0.2, 0.25) is 10.0 Å². The van der Waals surface area contributed by atoms with Crippen LogP contribution < -0.4 is 5.32 Å². The molecule has 0 aliphatic carbocycles. The van der Waals surface area contributed by atoms with Crippen molar-refractivity contribution in [1.82, 2.24) is 9.38 Å².